The lowest BCUT2D eigenvalue weighted by atomic mass is 9.97. The number of aromatic nitrogens is 2. The highest BCUT2D eigenvalue weighted by Gasteiger charge is 2.25. The second kappa shape index (κ2) is 10.8. The van der Waals surface area contributed by atoms with E-state index in [1.54, 1.807) is 13.2 Å². The summed E-state index contributed by atoms with van der Waals surface area (Å²) in [4.78, 5) is 22.8. The van der Waals surface area contributed by atoms with Crippen LogP contribution in [-0.2, 0) is 17.9 Å². The first-order valence-electron chi connectivity index (χ1n) is 11.6. The second-order valence-corrected chi connectivity index (χ2v) is 8.45. The SMILES string of the molecule is CN=C(NCCCn1ccc2ccccc21)NCc1cccnc1N1CCCC(C(N)=O)C1. The van der Waals surface area contributed by atoms with Gasteiger partial charge in [-0.3, -0.25) is 9.79 Å². The van der Waals surface area contributed by atoms with E-state index in [4.69, 9.17) is 5.73 Å². The lowest BCUT2D eigenvalue weighted by Crippen LogP contribution is -2.42. The Hall–Kier alpha value is -3.55. The summed E-state index contributed by atoms with van der Waals surface area (Å²) in [7, 11) is 1.78. The van der Waals surface area contributed by atoms with Gasteiger partial charge in [0.05, 0.1) is 5.92 Å². The van der Waals surface area contributed by atoms with Crippen molar-refractivity contribution < 1.29 is 4.79 Å². The van der Waals surface area contributed by atoms with Crippen LogP contribution in [0.2, 0.25) is 0 Å². The molecule has 1 unspecified atom stereocenters. The number of aryl methyl sites for hydroxylation is 1. The number of aliphatic imine (C=N–C) groups is 1. The minimum atomic E-state index is -0.229. The van der Waals surface area contributed by atoms with Gasteiger partial charge in [0.15, 0.2) is 5.96 Å². The minimum Gasteiger partial charge on any atom is -0.369 e. The lowest BCUT2D eigenvalue weighted by molar-refractivity contribution is -0.122. The molecule has 0 saturated carbocycles. The number of fused-ring (bicyclic) bond motifs is 1. The number of anilines is 1. The molecule has 3 aromatic rings. The summed E-state index contributed by atoms with van der Waals surface area (Å²) in [6.45, 7) is 3.87. The molecule has 0 bridgehead atoms. The number of pyridine rings is 1. The van der Waals surface area contributed by atoms with E-state index >= 15 is 0 Å². The summed E-state index contributed by atoms with van der Waals surface area (Å²) in [5, 5.41) is 8.07. The molecule has 0 spiro atoms. The summed E-state index contributed by atoms with van der Waals surface area (Å²) < 4.78 is 2.28. The molecule has 1 aliphatic heterocycles. The van der Waals surface area contributed by atoms with Gasteiger partial charge >= 0.3 is 0 Å². The Labute approximate surface area is 194 Å². The smallest absolute Gasteiger partial charge is 0.222 e. The third-order valence-corrected chi connectivity index (χ3v) is 6.21. The number of nitrogens with one attached hydrogen (secondary N) is 2. The fourth-order valence-corrected chi connectivity index (χ4v) is 4.45. The molecule has 8 nitrogen and oxygen atoms in total. The molecule has 1 saturated heterocycles. The Morgan fingerprint density at radius 1 is 1.21 bits per heavy atom. The summed E-state index contributed by atoms with van der Waals surface area (Å²) in [6.07, 6.45) is 6.72. The van der Waals surface area contributed by atoms with Crippen molar-refractivity contribution in [3.8, 4) is 0 Å². The molecule has 1 aromatic carbocycles. The van der Waals surface area contributed by atoms with E-state index in [2.05, 4.69) is 72.7 Å². The van der Waals surface area contributed by atoms with E-state index in [-0.39, 0.29) is 11.8 Å². The number of para-hydroxylation sites is 1. The Kier molecular flexibility index (Phi) is 7.44. The number of amides is 1. The Bertz CT molecular complexity index is 1110. The topological polar surface area (TPSA) is 101 Å². The molecule has 3 heterocycles. The first-order chi connectivity index (χ1) is 16.2. The van der Waals surface area contributed by atoms with Crippen molar-refractivity contribution in [3.05, 3.63) is 60.4 Å². The number of hydrogen-bond acceptors (Lipinski definition) is 4. The molecule has 33 heavy (non-hydrogen) atoms. The van der Waals surface area contributed by atoms with Crippen molar-refractivity contribution in [1.29, 1.82) is 0 Å². The zero-order chi connectivity index (χ0) is 23.0. The van der Waals surface area contributed by atoms with Gasteiger partial charge in [-0.15, -0.1) is 0 Å². The average molecular weight is 448 g/mol. The third kappa shape index (κ3) is 5.63. The molecule has 8 heteroatoms. The van der Waals surface area contributed by atoms with E-state index in [1.807, 2.05) is 6.07 Å². The van der Waals surface area contributed by atoms with Crippen LogP contribution < -0.4 is 21.3 Å². The number of carbonyl (C=O) groups excluding carboxylic acids is 1. The van der Waals surface area contributed by atoms with Gasteiger partial charge in [-0.1, -0.05) is 24.3 Å². The molecule has 4 rings (SSSR count). The normalized spacial score (nSPS) is 16.7. The Morgan fingerprint density at radius 3 is 2.94 bits per heavy atom. The predicted molar refractivity (Wildman–Crippen MR) is 133 cm³/mol. The summed E-state index contributed by atoms with van der Waals surface area (Å²) >= 11 is 0. The maximum atomic E-state index is 11.7. The van der Waals surface area contributed by atoms with E-state index in [1.165, 1.54) is 10.9 Å². The number of primary amides is 1. The van der Waals surface area contributed by atoms with Gasteiger partial charge in [-0.25, -0.2) is 4.98 Å². The van der Waals surface area contributed by atoms with E-state index in [0.717, 1.165) is 56.2 Å². The molecule has 174 valence electrons. The van der Waals surface area contributed by atoms with Crippen LogP contribution in [0.4, 0.5) is 5.82 Å². The molecule has 1 atom stereocenters. The number of guanidine groups is 1. The number of hydrogen-bond donors (Lipinski definition) is 3. The highest BCUT2D eigenvalue weighted by molar-refractivity contribution is 5.80. The molecule has 1 fully saturated rings. The van der Waals surface area contributed by atoms with Crippen molar-refractivity contribution in [3.63, 3.8) is 0 Å². The fourth-order valence-electron chi connectivity index (χ4n) is 4.45. The number of rotatable bonds is 8. The van der Waals surface area contributed by atoms with Crippen molar-refractivity contribution >= 4 is 28.6 Å². The summed E-state index contributed by atoms with van der Waals surface area (Å²) in [5.74, 6) is 1.32. The van der Waals surface area contributed by atoms with Gasteiger partial charge in [0.2, 0.25) is 5.91 Å². The minimum absolute atomic E-state index is 0.117. The number of benzene rings is 1. The number of nitrogens with two attached hydrogens (primary N) is 1. The first-order valence-corrected chi connectivity index (χ1v) is 11.6. The van der Waals surface area contributed by atoms with Crippen LogP contribution in [0, 0.1) is 5.92 Å². The van der Waals surface area contributed by atoms with Crippen LogP contribution in [0.25, 0.3) is 10.9 Å². The Morgan fingerprint density at radius 2 is 2.09 bits per heavy atom. The number of piperidine rings is 1. The van der Waals surface area contributed by atoms with Gasteiger partial charge in [-0.05, 0) is 42.8 Å². The van der Waals surface area contributed by atoms with Crippen LogP contribution in [-0.4, -0.2) is 48.1 Å². The quantitative estimate of drug-likeness (QED) is 0.280. The van der Waals surface area contributed by atoms with Gasteiger partial charge in [0, 0.05) is 63.2 Å². The summed E-state index contributed by atoms with van der Waals surface area (Å²) in [5.41, 5.74) is 7.89. The van der Waals surface area contributed by atoms with Gasteiger partial charge in [0.1, 0.15) is 5.82 Å². The maximum absolute atomic E-state index is 11.7. The fraction of sp³-hybridized carbons (Fsp3) is 0.400. The zero-order valence-corrected chi connectivity index (χ0v) is 19.2. The van der Waals surface area contributed by atoms with Crippen molar-refractivity contribution in [2.24, 2.45) is 16.6 Å². The van der Waals surface area contributed by atoms with Crippen LogP contribution in [0.5, 0.6) is 0 Å². The van der Waals surface area contributed by atoms with Gasteiger partial charge in [-0.2, -0.15) is 0 Å². The molecule has 4 N–H and O–H groups in total. The zero-order valence-electron chi connectivity index (χ0n) is 19.2. The lowest BCUT2D eigenvalue weighted by Gasteiger charge is -2.33. The monoisotopic (exact) mass is 447 g/mol. The highest BCUT2D eigenvalue weighted by Crippen LogP contribution is 2.24. The molecule has 0 radical (unpaired) electrons. The van der Waals surface area contributed by atoms with Crippen molar-refractivity contribution in [2.75, 3.05) is 31.6 Å². The van der Waals surface area contributed by atoms with E-state index < -0.39 is 0 Å². The molecule has 1 amide bonds. The van der Waals surface area contributed by atoms with Crippen LogP contribution in [0.15, 0.2) is 59.9 Å². The number of carbonyl (C=O) groups is 1. The average Bonchev–Trinajstić information content (AvgIpc) is 3.27. The standard InChI is InChI=1S/C25H33N7O/c1-27-25(29-13-6-15-31-16-11-19-7-2-3-10-22(19)31)30-17-20-8-4-12-28-24(20)32-14-5-9-21(18-32)23(26)33/h2-4,7-8,10-12,16,21H,5-6,9,13-15,17-18H2,1H3,(H2,26,33)(H2,27,29,30). The molecular formula is C25H33N7O. The third-order valence-electron chi connectivity index (χ3n) is 6.21. The first kappa shape index (κ1) is 22.6. The molecule has 2 aromatic heterocycles. The molecule has 0 aliphatic carbocycles. The van der Waals surface area contributed by atoms with Crippen LogP contribution >= 0.6 is 0 Å². The van der Waals surface area contributed by atoms with E-state index in [0.29, 0.717) is 13.1 Å². The van der Waals surface area contributed by atoms with Crippen LogP contribution in [0.3, 0.4) is 0 Å². The largest absolute Gasteiger partial charge is 0.369 e. The van der Waals surface area contributed by atoms with Gasteiger partial charge in [0.25, 0.3) is 0 Å². The van der Waals surface area contributed by atoms with Crippen LogP contribution in [0.1, 0.15) is 24.8 Å². The van der Waals surface area contributed by atoms with Gasteiger partial charge < -0.3 is 25.8 Å². The Balaban J connectivity index is 1.29. The summed E-state index contributed by atoms with van der Waals surface area (Å²) in [6, 6.07) is 14.6. The second-order valence-electron chi connectivity index (χ2n) is 8.45. The molecular weight excluding hydrogens is 414 g/mol. The highest BCUT2D eigenvalue weighted by atomic mass is 16.1. The molecule has 1 aliphatic rings. The van der Waals surface area contributed by atoms with Crippen molar-refractivity contribution in [2.45, 2.75) is 32.4 Å². The predicted octanol–water partition coefficient (Wildman–Crippen LogP) is 2.49. The maximum Gasteiger partial charge on any atom is 0.222 e. The van der Waals surface area contributed by atoms with Crippen molar-refractivity contribution in [1.82, 2.24) is 20.2 Å². The number of nitrogens with zero attached hydrogens (tertiary/aromatic N) is 4. The van der Waals surface area contributed by atoms with E-state index in [9.17, 15) is 4.79 Å².